The first-order valence-corrected chi connectivity index (χ1v) is 13.5. The number of allylic oxidation sites excluding steroid dienone is 1. The zero-order chi connectivity index (χ0) is 22.4. The molecule has 2 heteroatoms. The van der Waals surface area contributed by atoms with Gasteiger partial charge in [0.2, 0.25) is 0 Å². The molecule has 0 heterocycles. The van der Waals surface area contributed by atoms with E-state index in [0.29, 0.717) is 33.5 Å². The van der Waals surface area contributed by atoms with E-state index in [1.807, 2.05) is 19.9 Å². The summed E-state index contributed by atoms with van der Waals surface area (Å²) in [5.74, 6) is 3.69. The van der Waals surface area contributed by atoms with Crippen molar-refractivity contribution >= 4 is 0 Å². The fourth-order valence-electron chi connectivity index (χ4n) is 10.7. The minimum Gasteiger partial charge on any atom is -0.393 e. The summed E-state index contributed by atoms with van der Waals surface area (Å²) in [6.45, 7) is 13.9. The van der Waals surface area contributed by atoms with E-state index in [1.165, 1.54) is 51.4 Å². The first kappa shape index (κ1) is 22.5. The molecule has 0 aromatic heterocycles. The van der Waals surface area contributed by atoms with Gasteiger partial charge >= 0.3 is 0 Å². The second-order valence-electron chi connectivity index (χ2n) is 13.9. The molecule has 0 aromatic carbocycles. The van der Waals surface area contributed by atoms with Gasteiger partial charge in [-0.15, -0.1) is 0 Å². The maximum Gasteiger partial charge on any atom is 0.0771 e. The lowest BCUT2D eigenvalue weighted by Gasteiger charge is -2.62. The molecule has 0 amide bonds. The van der Waals surface area contributed by atoms with Gasteiger partial charge in [0, 0.05) is 0 Å². The van der Waals surface area contributed by atoms with Crippen molar-refractivity contribution in [2.75, 3.05) is 0 Å². The molecule has 0 radical (unpaired) electrons. The van der Waals surface area contributed by atoms with E-state index in [9.17, 15) is 10.2 Å². The Hall–Kier alpha value is -0.340. The van der Waals surface area contributed by atoms with Gasteiger partial charge in [-0.3, -0.25) is 0 Å². The van der Waals surface area contributed by atoms with E-state index < -0.39 is 5.60 Å². The summed E-state index contributed by atoms with van der Waals surface area (Å²) in [6, 6.07) is 0. The van der Waals surface area contributed by atoms with Crippen molar-refractivity contribution in [1.82, 2.24) is 0 Å². The highest BCUT2D eigenvalue weighted by Gasteiger charge is 2.81. The maximum atomic E-state index is 10.6. The Morgan fingerprint density at radius 3 is 2.42 bits per heavy atom. The number of hydrogen-bond donors (Lipinski definition) is 2. The van der Waals surface area contributed by atoms with Crippen molar-refractivity contribution in [2.45, 2.75) is 117 Å². The van der Waals surface area contributed by atoms with Crippen LogP contribution in [0.1, 0.15) is 106 Å². The quantitative estimate of drug-likeness (QED) is 0.486. The molecule has 5 rings (SSSR count). The number of hydrogen-bond acceptors (Lipinski definition) is 2. The largest absolute Gasteiger partial charge is 0.393 e. The van der Waals surface area contributed by atoms with Crippen LogP contribution in [-0.2, 0) is 0 Å². The maximum absolute atomic E-state index is 10.6. The lowest BCUT2D eigenvalue weighted by Crippen LogP contribution is -2.55. The standard InChI is InChI=1S/C29H48O2/c1-19(8-7-13-25(3,4)31)21-11-14-27(6)24-10-9-22-20(2)23(30)12-15-28(22)18-29(24,28)17-16-26(21,27)5/h7,13,19-24,30-31H,8-12,14-18H2,1-6H3/b13-7+/t19-,20+,21-,22+,23+,24+,26-,27?,28-,29?/m1/s1. The molecule has 0 saturated heterocycles. The Morgan fingerprint density at radius 1 is 0.968 bits per heavy atom. The average Bonchev–Trinajstić information content (AvgIpc) is 3.27. The molecule has 5 aliphatic carbocycles. The summed E-state index contributed by atoms with van der Waals surface area (Å²) in [5, 5.41) is 20.6. The lowest BCUT2D eigenvalue weighted by molar-refractivity contribution is -0.142. The van der Waals surface area contributed by atoms with Gasteiger partial charge in [0.05, 0.1) is 11.7 Å². The fourth-order valence-corrected chi connectivity index (χ4v) is 10.7. The molecular formula is C29H48O2. The predicted molar refractivity (Wildman–Crippen MR) is 127 cm³/mol. The third kappa shape index (κ3) is 2.89. The minimum absolute atomic E-state index is 0.0528. The molecule has 176 valence electrons. The van der Waals surface area contributed by atoms with Gasteiger partial charge in [-0.25, -0.2) is 0 Å². The molecule has 2 spiro atoms. The Balaban J connectivity index is 1.38. The summed E-state index contributed by atoms with van der Waals surface area (Å²) in [5.41, 5.74) is 1.43. The van der Waals surface area contributed by atoms with Crippen molar-refractivity contribution in [3.8, 4) is 0 Å². The zero-order valence-electron chi connectivity index (χ0n) is 21.1. The topological polar surface area (TPSA) is 40.5 Å². The van der Waals surface area contributed by atoms with E-state index in [0.717, 1.165) is 30.6 Å². The van der Waals surface area contributed by atoms with Crippen molar-refractivity contribution in [3.05, 3.63) is 12.2 Å². The molecule has 2 unspecified atom stereocenters. The van der Waals surface area contributed by atoms with E-state index in [1.54, 1.807) is 0 Å². The Kier molecular flexibility index (Phi) is 4.96. The molecular weight excluding hydrogens is 380 g/mol. The van der Waals surface area contributed by atoms with Crippen LogP contribution in [0.25, 0.3) is 0 Å². The summed E-state index contributed by atoms with van der Waals surface area (Å²) in [4.78, 5) is 0. The molecule has 10 atom stereocenters. The molecule has 5 saturated carbocycles. The highest BCUT2D eigenvalue weighted by molar-refractivity contribution is 5.29. The summed E-state index contributed by atoms with van der Waals surface area (Å²) >= 11 is 0. The molecule has 0 aliphatic heterocycles. The monoisotopic (exact) mass is 428 g/mol. The van der Waals surface area contributed by atoms with E-state index in [-0.39, 0.29) is 6.10 Å². The van der Waals surface area contributed by atoms with Crippen LogP contribution in [-0.4, -0.2) is 21.9 Å². The highest BCUT2D eigenvalue weighted by Crippen LogP contribution is 2.88. The van der Waals surface area contributed by atoms with Crippen LogP contribution in [0.15, 0.2) is 12.2 Å². The van der Waals surface area contributed by atoms with Gasteiger partial charge in [0.25, 0.3) is 0 Å². The number of rotatable bonds is 4. The lowest BCUT2D eigenvalue weighted by atomic mass is 9.43. The van der Waals surface area contributed by atoms with Crippen molar-refractivity contribution in [3.63, 3.8) is 0 Å². The van der Waals surface area contributed by atoms with Gasteiger partial charge in [0.1, 0.15) is 0 Å². The summed E-state index contributed by atoms with van der Waals surface area (Å²) in [7, 11) is 0. The van der Waals surface area contributed by atoms with Crippen LogP contribution in [0.4, 0.5) is 0 Å². The zero-order valence-corrected chi connectivity index (χ0v) is 21.1. The Bertz CT molecular complexity index is 750. The average molecular weight is 429 g/mol. The van der Waals surface area contributed by atoms with Crippen LogP contribution in [0.3, 0.4) is 0 Å². The van der Waals surface area contributed by atoms with Crippen molar-refractivity contribution in [2.24, 2.45) is 51.2 Å². The van der Waals surface area contributed by atoms with Gasteiger partial charge in [-0.1, -0.05) is 39.8 Å². The Labute approximate surface area is 191 Å². The van der Waals surface area contributed by atoms with Crippen LogP contribution in [0.5, 0.6) is 0 Å². The smallest absolute Gasteiger partial charge is 0.0771 e. The van der Waals surface area contributed by atoms with Gasteiger partial charge in [0.15, 0.2) is 0 Å². The second kappa shape index (κ2) is 6.84. The first-order chi connectivity index (χ1) is 14.4. The molecule has 0 aromatic rings. The number of fused-ring (bicyclic) bond motifs is 2. The first-order valence-electron chi connectivity index (χ1n) is 13.5. The molecule has 5 aliphatic rings. The van der Waals surface area contributed by atoms with Crippen LogP contribution in [0, 0.1) is 51.2 Å². The van der Waals surface area contributed by atoms with Crippen LogP contribution >= 0.6 is 0 Å². The number of aliphatic hydroxyl groups excluding tert-OH is 1. The second-order valence-corrected chi connectivity index (χ2v) is 13.9. The molecule has 2 nitrogen and oxygen atoms in total. The Morgan fingerprint density at radius 2 is 1.71 bits per heavy atom. The van der Waals surface area contributed by atoms with Crippen molar-refractivity contribution < 1.29 is 10.2 Å². The molecule has 5 fully saturated rings. The van der Waals surface area contributed by atoms with Gasteiger partial charge in [-0.2, -0.15) is 0 Å². The molecule has 0 bridgehead atoms. The fraction of sp³-hybridized carbons (Fsp3) is 0.931. The highest BCUT2D eigenvalue weighted by atomic mass is 16.3. The van der Waals surface area contributed by atoms with Crippen molar-refractivity contribution in [1.29, 1.82) is 0 Å². The minimum atomic E-state index is -0.700. The molecule has 2 N–H and O–H groups in total. The number of aliphatic hydroxyl groups is 2. The summed E-state index contributed by atoms with van der Waals surface area (Å²) in [6.07, 6.45) is 17.5. The normalized spacial score (nSPS) is 54.6. The van der Waals surface area contributed by atoms with Crippen LogP contribution in [0.2, 0.25) is 0 Å². The third-order valence-corrected chi connectivity index (χ3v) is 12.4. The SMILES string of the molecule is C[C@@H]1[C@@H](O)CC[C@]23CC24CC[C@]2(C)[C@@H]([C@H](C)C/C=C/C(C)(C)O)CCC2(C)[C@@H]4CC[C@@H]13. The van der Waals surface area contributed by atoms with Gasteiger partial charge < -0.3 is 10.2 Å². The van der Waals surface area contributed by atoms with E-state index in [2.05, 4.69) is 33.8 Å². The van der Waals surface area contributed by atoms with E-state index in [4.69, 9.17) is 0 Å². The third-order valence-electron chi connectivity index (χ3n) is 12.4. The van der Waals surface area contributed by atoms with E-state index >= 15 is 0 Å². The predicted octanol–water partition coefficient (Wildman–Crippen LogP) is 6.75. The summed E-state index contributed by atoms with van der Waals surface area (Å²) < 4.78 is 0. The van der Waals surface area contributed by atoms with Gasteiger partial charge in [-0.05, 0) is 129 Å². The molecule has 31 heavy (non-hydrogen) atoms. The van der Waals surface area contributed by atoms with Crippen LogP contribution < -0.4 is 0 Å².